The number of halogens is 4. The van der Waals surface area contributed by atoms with Crippen molar-refractivity contribution in [2.24, 2.45) is 0 Å². The van der Waals surface area contributed by atoms with E-state index >= 15 is 0 Å². The maximum absolute atomic E-state index is 13.7. The van der Waals surface area contributed by atoms with Crippen LogP contribution in [-0.2, 0) is 0 Å². The molecule has 1 nitrogen and oxygen atoms in total. The number of aryl methyl sites for hydroxylation is 1. The molecule has 0 aliphatic carbocycles. The van der Waals surface area contributed by atoms with Gasteiger partial charge in [0.2, 0.25) is 0 Å². The summed E-state index contributed by atoms with van der Waals surface area (Å²) in [7, 11) is 0. The van der Waals surface area contributed by atoms with Crippen LogP contribution in [-0.4, -0.2) is 6.61 Å². The maximum atomic E-state index is 13.7. The fourth-order valence-electron chi connectivity index (χ4n) is 1.95. The third-order valence-corrected chi connectivity index (χ3v) is 4.22. The highest BCUT2D eigenvalue weighted by atomic mass is 35.5. The molecule has 0 saturated carbocycles. The average molecular weight is 348 g/mol. The second kappa shape index (κ2) is 6.87. The molecule has 0 spiro atoms. The Morgan fingerprint density at radius 2 is 1.86 bits per heavy atom. The van der Waals surface area contributed by atoms with Crippen LogP contribution in [0.4, 0.5) is 4.39 Å². The Bertz CT molecular complexity index is 658. The van der Waals surface area contributed by atoms with Crippen LogP contribution < -0.4 is 4.74 Å². The molecular weight excluding hydrogens is 334 g/mol. The highest BCUT2D eigenvalue weighted by Crippen LogP contribution is 2.39. The lowest BCUT2D eigenvalue weighted by atomic mass is 10.0. The molecule has 21 heavy (non-hydrogen) atoms. The van der Waals surface area contributed by atoms with E-state index in [2.05, 4.69) is 0 Å². The zero-order valence-electron chi connectivity index (χ0n) is 11.6. The number of hydrogen-bond donors (Lipinski definition) is 0. The Kier molecular flexibility index (Phi) is 5.37. The van der Waals surface area contributed by atoms with Gasteiger partial charge in [-0.1, -0.05) is 35.3 Å². The van der Waals surface area contributed by atoms with Gasteiger partial charge in [-0.05, 0) is 42.7 Å². The molecule has 0 heterocycles. The van der Waals surface area contributed by atoms with Crippen LogP contribution >= 0.6 is 34.8 Å². The van der Waals surface area contributed by atoms with E-state index in [-0.39, 0.29) is 5.82 Å². The van der Waals surface area contributed by atoms with E-state index in [0.29, 0.717) is 39.1 Å². The van der Waals surface area contributed by atoms with E-state index in [9.17, 15) is 4.39 Å². The largest absolute Gasteiger partial charge is 0.492 e. The van der Waals surface area contributed by atoms with Crippen molar-refractivity contribution in [3.63, 3.8) is 0 Å². The molecule has 0 aliphatic heterocycles. The lowest BCUT2D eigenvalue weighted by molar-refractivity contribution is 0.340. The summed E-state index contributed by atoms with van der Waals surface area (Å²) >= 11 is 18.8. The van der Waals surface area contributed by atoms with Crippen molar-refractivity contribution in [1.29, 1.82) is 0 Å². The van der Waals surface area contributed by atoms with Gasteiger partial charge >= 0.3 is 0 Å². The van der Waals surface area contributed by atoms with Crippen LogP contribution in [0.1, 0.15) is 29.0 Å². The predicted molar refractivity (Wildman–Crippen MR) is 86.5 cm³/mol. The zero-order valence-corrected chi connectivity index (χ0v) is 13.9. The van der Waals surface area contributed by atoms with Gasteiger partial charge in [-0.3, -0.25) is 0 Å². The highest BCUT2D eigenvalue weighted by Gasteiger charge is 2.18. The van der Waals surface area contributed by atoms with Gasteiger partial charge in [-0.25, -0.2) is 4.39 Å². The summed E-state index contributed by atoms with van der Waals surface area (Å²) in [5.41, 5.74) is 1.82. The minimum absolute atomic E-state index is 0.300. The first-order valence-electron chi connectivity index (χ1n) is 6.46. The quantitative estimate of drug-likeness (QED) is 0.601. The van der Waals surface area contributed by atoms with E-state index in [4.69, 9.17) is 39.5 Å². The molecule has 2 aromatic rings. The first-order valence-corrected chi connectivity index (χ1v) is 7.65. The van der Waals surface area contributed by atoms with Gasteiger partial charge in [0.05, 0.1) is 17.0 Å². The average Bonchev–Trinajstić information content (AvgIpc) is 2.45. The third-order valence-electron chi connectivity index (χ3n) is 3.11. The van der Waals surface area contributed by atoms with Crippen LogP contribution in [0, 0.1) is 12.7 Å². The van der Waals surface area contributed by atoms with E-state index < -0.39 is 5.38 Å². The fraction of sp³-hybridized carbons (Fsp3) is 0.250. The van der Waals surface area contributed by atoms with Gasteiger partial charge in [-0.2, -0.15) is 0 Å². The van der Waals surface area contributed by atoms with Gasteiger partial charge in [0.15, 0.2) is 0 Å². The van der Waals surface area contributed by atoms with Crippen LogP contribution in [0.25, 0.3) is 0 Å². The maximum Gasteiger partial charge on any atom is 0.139 e. The molecule has 0 aromatic heterocycles. The Morgan fingerprint density at radius 3 is 2.48 bits per heavy atom. The van der Waals surface area contributed by atoms with E-state index in [1.54, 1.807) is 31.2 Å². The topological polar surface area (TPSA) is 9.23 Å². The second-order valence-corrected chi connectivity index (χ2v) is 5.86. The number of ether oxygens (including phenoxy) is 1. The van der Waals surface area contributed by atoms with Gasteiger partial charge in [-0.15, -0.1) is 11.6 Å². The lowest BCUT2D eigenvalue weighted by Crippen LogP contribution is -1.99. The molecule has 0 bridgehead atoms. The monoisotopic (exact) mass is 346 g/mol. The summed E-state index contributed by atoms with van der Waals surface area (Å²) < 4.78 is 19.0. The van der Waals surface area contributed by atoms with Crippen molar-refractivity contribution < 1.29 is 9.13 Å². The van der Waals surface area contributed by atoms with Crippen molar-refractivity contribution in [1.82, 2.24) is 0 Å². The summed E-state index contributed by atoms with van der Waals surface area (Å²) in [5, 5.41) is 0.277. The Labute approximate surface area is 138 Å². The molecule has 2 aromatic carbocycles. The molecule has 0 fully saturated rings. The smallest absolute Gasteiger partial charge is 0.139 e. The second-order valence-electron chi connectivity index (χ2n) is 4.61. The van der Waals surface area contributed by atoms with Crippen molar-refractivity contribution in [2.45, 2.75) is 19.2 Å². The van der Waals surface area contributed by atoms with Gasteiger partial charge in [0.1, 0.15) is 11.6 Å². The number of rotatable bonds is 4. The van der Waals surface area contributed by atoms with Gasteiger partial charge in [0, 0.05) is 11.1 Å². The standard InChI is InChI=1S/C16H14Cl3FO/c1-3-21-15-8-12(17)11(7-13(15)18)16(19)10-5-4-9(2)14(20)6-10/h4-8,16H,3H2,1-2H3. The Hall–Kier alpha value is -0.960. The zero-order chi connectivity index (χ0) is 15.6. The van der Waals surface area contributed by atoms with E-state index in [0.717, 1.165) is 0 Å². The normalized spacial score (nSPS) is 12.3. The molecule has 0 aliphatic rings. The highest BCUT2D eigenvalue weighted by molar-refractivity contribution is 6.36. The van der Waals surface area contributed by atoms with Crippen LogP contribution in [0.3, 0.4) is 0 Å². The van der Waals surface area contributed by atoms with Crippen molar-refractivity contribution in [3.05, 3.63) is 62.9 Å². The van der Waals surface area contributed by atoms with Crippen LogP contribution in [0.15, 0.2) is 30.3 Å². The molecule has 1 atom stereocenters. The van der Waals surface area contributed by atoms with Gasteiger partial charge < -0.3 is 4.74 Å². The van der Waals surface area contributed by atoms with Crippen molar-refractivity contribution >= 4 is 34.8 Å². The summed E-state index contributed by atoms with van der Waals surface area (Å²) in [6, 6.07) is 8.15. The molecule has 0 radical (unpaired) electrons. The summed E-state index contributed by atoms with van der Waals surface area (Å²) in [6.45, 7) is 4.05. The summed E-state index contributed by atoms with van der Waals surface area (Å²) in [6.07, 6.45) is 0. The first kappa shape index (κ1) is 16.4. The SMILES string of the molecule is CCOc1cc(Cl)c(C(Cl)c2ccc(C)c(F)c2)cc1Cl. The Morgan fingerprint density at radius 1 is 1.14 bits per heavy atom. The summed E-state index contributed by atoms with van der Waals surface area (Å²) in [4.78, 5) is 0. The van der Waals surface area contributed by atoms with E-state index in [1.165, 1.54) is 6.07 Å². The molecule has 0 N–H and O–H groups in total. The van der Waals surface area contributed by atoms with E-state index in [1.807, 2.05) is 6.92 Å². The van der Waals surface area contributed by atoms with Gasteiger partial charge in [0.25, 0.3) is 0 Å². The Balaban J connectivity index is 2.40. The molecule has 1 unspecified atom stereocenters. The molecule has 112 valence electrons. The first-order chi connectivity index (χ1) is 9.93. The van der Waals surface area contributed by atoms with Crippen LogP contribution in [0.5, 0.6) is 5.75 Å². The third kappa shape index (κ3) is 3.63. The summed E-state index contributed by atoms with van der Waals surface area (Å²) in [5.74, 6) is 0.207. The van der Waals surface area contributed by atoms with Crippen molar-refractivity contribution in [3.8, 4) is 5.75 Å². The number of hydrogen-bond acceptors (Lipinski definition) is 1. The molecular formula is C16H14Cl3FO. The predicted octanol–water partition coefficient (Wildman–Crippen LogP) is 6.17. The molecule has 0 amide bonds. The van der Waals surface area contributed by atoms with Crippen molar-refractivity contribution in [2.75, 3.05) is 6.61 Å². The number of benzene rings is 2. The molecule has 2 rings (SSSR count). The minimum Gasteiger partial charge on any atom is -0.492 e. The van der Waals surface area contributed by atoms with Crippen LogP contribution in [0.2, 0.25) is 10.0 Å². The minimum atomic E-state index is -0.583. The molecule has 5 heteroatoms. The number of alkyl halides is 1. The molecule has 0 saturated heterocycles. The fourth-order valence-corrected chi connectivity index (χ4v) is 2.81. The lowest BCUT2D eigenvalue weighted by Gasteiger charge is -2.15.